The van der Waals surface area contributed by atoms with E-state index in [2.05, 4.69) is 0 Å². The number of nitrogens with two attached hydrogens (primary N) is 1. The Bertz CT molecular complexity index is 459. The van der Waals surface area contributed by atoms with Gasteiger partial charge in [0.25, 0.3) is 0 Å². The minimum Gasteiger partial charge on any atom is -0.343 e. The molecular formula is C14H18F2N2O. The maximum Gasteiger partial charge on any atom is 0.224 e. The first kappa shape index (κ1) is 13.9. The number of hydrogen-bond donors (Lipinski definition) is 1. The van der Waals surface area contributed by atoms with Crippen LogP contribution in [0.15, 0.2) is 18.2 Å². The number of carbonyl (C=O) groups is 1. The normalized spacial score (nSPS) is 16.7. The number of benzene rings is 1. The van der Waals surface area contributed by atoms with Crippen LogP contribution >= 0.6 is 0 Å². The zero-order chi connectivity index (χ0) is 13.8. The molecule has 1 aliphatic heterocycles. The lowest BCUT2D eigenvalue weighted by atomic mass is 10.0. The Balaban J connectivity index is 1.91. The molecule has 0 radical (unpaired) electrons. The molecule has 0 aromatic heterocycles. The highest BCUT2D eigenvalue weighted by Gasteiger charge is 2.20. The molecule has 0 saturated carbocycles. The molecule has 0 spiro atoms. The molecule has 1 amide bonds. The van der Waals surface area contributed by atoms with Crippen LogP contribution < -0.4 is 5.73 Å². The van der Waals surface area contributed by atoms with Gasteiger partial charge < -0.3 is 10.6 Å². The summed E-state index contributed by atoms with van der Waals surface area (Å²) in [4.78, 5) is 13.7. The van der Waals surface area contributed by atoms with Crippen LogP contribution in [0.2, 0.25) is 0 Å². The van der Waals surface area contributed by atoms with Gasteiger partial charge in [0.2, 0.25) is 5.91 Å². The van der Waals surface area contributed by atoms with E-state index in [-0.39, 0.29) is 24.3 Å². The van der Waals surface area contributed by atoms with Crippen molar-refractivity contribution in [2.45, 2.75) is 31.7 Å². The van der Waals surface area contributed by atoms with E-state index >= 15 is 0 Å². The summed E-state index contributed by atoms with van der Waals surface area (Å²) in [6, 6.07) is 2.80. The molecule has 1 atom stereocenters. The van der Waals surface area contributed by atoms with E-state index in [1.165, 1.54) is 0 Å². The lowest BCUT2D eigenvalue weighted by molar-refractivity contribution is -0.130. The third-order valence-corrected chi connectivity index (χ3v) is 3.39. The number of halogens is 2. The van der Waals surface area contributed by atoms with Crippen molar-refractivity contribution in [3.63, 3.8) is 0 Å². The first-order valence-corrected chi connectivity index (χ1v) is 6.53. The van der Waals surface area contributed by atoms with Crippen LogP contribution in [0.25, 0.3) is 0 Å². The molecule has 1 fully saturated rings. The third kappa shape index (κ3) is 3.73. The van der Waals surface area contributed by atoms with Crippen molar-refractivity contribution >= 4 is 5.91 Å². The standard InChI is InChI=1S/C14H18F2N2O/c15-11-3-4-13(16)10(7-11)8-12(17)9-14(19)18-5-1-2-6-18/h3-4,7,12H,1-2,5-6,8-9,17H2. The molecular weight excluding hydrogens is 250 g/mol. The van der Waals surface area contributed by atoms with Gasteiger partial charge in [0, 0.05) is 25.6 Å². The molecule has 5 heteroatoms. The van der Waals surface area contributed by atoms with Gasteiger partial charge in [0.1, 0.15) is 11.6 Å². The van der Waals surface area contributed by atoms with E-state index < -0.39 is 17.7 Å². The SMILES string of the molecule is NC(CC(=O)N1CCCC1)Cc1cc(F)ccc1F. The Morgan fingerprint density at radius 1 is 1.32 bits per heavy atom. The van der Waals surface area contributed by atoms with Crippen LogP contribution in [-0.4, -0.2) is 29.9 Å². The number of carbonyl (C=O) groups excluding carboxylic acids is 1. The average Bonchev–Trinajstić information content (AvgIpc) is 2.87. The highest BCUT2D eigenvalue weighted by Crippen LogP contribution is 2.14. The molecule has 1 aliphatic rings. The monoisotopic (exact) mass is 268 g/mol. The van der Waals surface area contributed by atoms with Crippen LogP contribution in [0.3, 0.4) is 0 Å². The summed E-state index contributed by atoms with van der Waals surface area (Å²) in [6.45, 7) is 1.56. The summed E-state index contributed by atoms with van der Waals surface area (Å²) in [6.07, 6.45) is 2.40. The summed E-state index contributed by atoms with van der Waals surface area (Å²) < 4.78 is 26.5. The minimum absolute atomic E-state index is 0.00168. The van der Waals surface area contributed by atoms with Crippen molar-refractivity contribution in [3.8, 4) is 0 Å². The Labute approximate surface area is 111 Å². The molecule has 1 saturated heterocycles. The predicted molar refractivity (Wildman–Crippen MR) is 68.5 cm³/mol. The maximum atomic E-state index is 13.5. The summed E-state index contributed by atoms with van der Waals surface area (Å²) in [5.41, 5.74) is 6.08. The van der Waals surface area contributed by atoms with E-state index in [1.807, 2.05) is 0 Å². The van der Waals surface area contributed by atoms with Crippen molar-refractivity contribution in [1.29, 1.82) is 0 Å². The Hall–Kier alpha value is -1.49. The van der Waals surface area contributed by atoms with E-state index in [1.54, 1.807) is 4.90 Å². The fourth-order valence-corrected chi connectivity index (χ4v) is 2.37. The smallest absolute Gasteiger partial charge is 0.224 e. The number of hydrogen-bond acceptors (Lipinski definition) is 2. The lowest BCUT2D eigenvalue weighted by Crippen LogP contribution is -2.35. The number of nitrogens with zero attached hydrogens (tertiary/aromatic N) is 1. The predicted octanol–water partition coefficient (Wildman–Crippen LogP) is 1.85. The van der Waals surface area contributed by atoms with Crippen LogP contribution in [0, 0.1) is 11.6 Å². The largest absolute Gasteiger partial charge is 0.343 e. The average molecular weight is 268 g/mol. The van der Waals surface area contributed by atoms with E-state index in [9.17, 15) is 13.6 Å². The molecule has 1 aromatic carbocycles. The van der Waals surface area contributed by atoms with E-state index in [0.29, 0.717) is 0 Å². The van der Waals surface area contributed by atoms with Gasteiger partial charge in [-0.1, -0.05) is 0 Å². The second kappa shape index (κ2) is 6.10. The second-order valence-electron chi connectivity index (χ2n) is 4.99. The van der Waals surface area contributed by atoms with E-state index in [4.69, 9.17) is 5.73 Å². The molecule has 1 unspecified atom stereocenters. The van der Waals surface area contributed by atoms with Gasteiger partial charge in [0.15, 0.2) is 0 Å². The van der Waals surface area contributed by atoms with Gasteiger partial charge in [-0.25, -0.2) is 8.78 Å². The fourth-order valence-electron chi connectivity index (χ4n) is 2.37. The summed E-state index contributed by atoms with van der Waals surface area (Å²) >= 11 is 0. The van der Waals surface area contributed by atoms with Gasteiger partial charge in [0.05, 0.1) is 0 Å². The first-order valence-electron chi connectivity index (χ1n) is 6.53. The highest BCUT2D eigenvalue weighted by atomic mass is 19.1. The van der Waals surface area contributed by atoms with Crippen molar-refractivity contribution in [1.82, 2.24) is 4.90 Å². The van der Waals surface area contributed by atoms with E-state index in [0.717, 1.165) is 44.1 Å². The van der Waals surface area contributed by atoms with Gasteiger partial charge in [-0.05, 0) is 43.0 Å². The quantitative estimate of drug-likeness (QED) is 0.905. The lowest BCUT2D eigenvalue weighted by Gasteiger charge is -2.18. The van der Waals surface area contributed by atoms with Crippen LogP contribution in [-0.2, 0) is 11.2 Å². The summed E-state index contributed by atoms with van der Waals surface area (Å²) in [5, 5.41) is 0. The first-order chi connectivity index (χ1) is 9.06. The van der Waals surface area contributed by atoms with Crippen molar-refractivity contribution < 1.29 is 13.6 Å². The number of amides is 1. The number of rotatable bonds is 4. The summed E-state index contributed by atoms with van der Waals surface area (Å²) in [5.74, 6) is -0.971. The van der Waals surface area contributed by atoms with Gasteiger partial charge in [-0.15, -0.1) is 0 Å². The van der Waals surface area contributed by atoms with Crippen molar-refractivity contribution in [3.05, 3.63) is 35.4 Å². The molecule has 0 aliphatic carbocycles. The molecule has 3 nitrogen and oxygen atoms in total. The topological polar surface area (TPSA) is 46.3 Å². The van der Waals surface area contributed by atoms with Crippen LogP contribution in [0.1, 0.15) is 24.8 Å². The third-order valence-electron chi connectivity index (χ3n) is 3.39. The Morgan fingerprint density at radius 2 is 2.00 bits per heavy atom. The van der Waals surface area contributed by atoms with Crippen molar-refractivity contribution in [2.75, 3.05) is 13.1 Å². The number of likely N-dealkylation sites (tertiary alicyclic amines) is 1. The van der Waals surface area contributed by atoms with Gasteiger partial charge in [-0.2, -0.15) is 0 Å². The van der Waals surface area contributed by atoms with Crippen LogP contribution in [0.4, 0.5) is 8.78 Å². The zero-order valence-electron chi connectivity index (χ0n) is 10.7. The molecule has 104 valence electrons. The Morgan fingerprint density at radius 3 is 2.68 bits per heavy atom. The maximum absolute atomic E-state index is 13.5. The molecule has 19 heavy (non-hydrogen) atoms. The minimum atomic E-state index is -0.491. The summed E-state index contributed by atoms with van der Waals surface area (Å²) in [7, 11) is 0. The molecule has 2 N–H and O–H groups in total. The van der Waals surface area contributed by atoms with Gasteiger partial charge >= 0.3 is 0 Å². The van der Waals surface area contributed by atoms with Gasteiger partial charge in [-0.3, -0.25) is 4.79 Å². The molecule has 1 heterocycles. The van der Waals surface area contributed by atoms with Crippen molar-refractivity contribution in [2.24, 2.45) is 5.73 Å². The van der Waals surface area contributed by atoms with Crippen LogP contribution in [0.5, 0.6) is 0 Å². The molecule has 2 rings (SSSR count). The zero-order valence-corrected chi connectivity index (χ0v) is 10.7. The fraction of sp³-hybridized carbons (Fsp3) is 0.500. The Kier molecular flexibility index (Phi) is 4.47. The molecule has 0 bridgehead atoms. The molecule has 1 aromatic rings. The highest BCUT2D eigenvalue weighted by molar-refractivity contribution is 5.77. The second-order valence-corrected chi connectivity index (χ2v) is 4.99.